The van der Waals surface area contributed by atoms with Crippen LogP contribution in [-0.2, 0) is 23.9 Å². The monoisotopic (exact) mass is 956 g/mol. The summed E-state index contributed by atoms with van der Waals surface area (Å²) in [5.74, 6) is -5.28. The number of nitrogens with zero attached hydrogens (tertiary/aromatic N) is 5. The number of amides is 2. The van der Waals surface area contributed by atoms with Crippen LogP contribution < -0.4 is 15.4 Å². The van der Waals surface area contributed by atoms with E-state index in [0.717, 1.165) is 45.8 Å². The van der Waals surface area contributed by atoms with E-state index < -0.39 is 71.3 Å². The predicted molar refractivity (Wildman–Crippen MR) is 255 cm³/mol. The van der Waals surface area contributed by atoms with Gasteiger partial charge in [0.25, 0.3) is 11.7 Å². The van der Waals surface area contributed by atoms with Crippen LogP contribution in [0.4, 0.5) is 0 Å². The lowest BCUT2D eigenvalue weighted by molar-refractivity contribution is -0.155. The number of hydrogen-bond acceptors (Lipinski definition) is 16. The largest absolute Gasteiger partial charge is 0.507 e. The van der Waals surface area contributed by atoms with Gasteiger partial charge in [0.05, 0.1) is 41.0 Å². The third kappa shape index (κ3) is 10.4. The van der Waals surface area contributed by atoms with Crippen LogP contribution in [0, 0.1) is 18.8 Å². The third-order valence-electron chi connectivity index (χ3n) is 14.6. The van der Waals surface area contributed by atoms with Crippen molar-refractivity contribution in [1.29, 1.82) is 0 Å². The van der Waals surface area contributed by atoms with Gasteiger partial charge in [-0.05, 0) is 52.2 Å². The topological polar surface area (TPSA) is 223 Å². The van der Waals surface area contributed by atoms with Gasteiger partial charge in [0.1, 0.15) is 35.4 Å². The summed E-state index contributed by atoms with van der Waals surface area (Å²) in [6, 6.07) is 0.483. The van der Waals surface area contributed by atoms with Crippen LogP contribution in [0.3, 0.4) is 0 Å². The van der Waals surface area contributed by atoms with Crippen LogP contribution in [0.2, 0.25) is 0 Å². The molecule has 5 atom stereocenters. The van der Waals surface area contributed by atoms with E-state index in [2.05, 4.69) is 46.2 Å². The van der Waals surface area contributed by atoms with Crippen LogP contribution in [0.15, 0.2) is 52.5 Å². The fourth-order valence-electron chi connectivity index (χ4n) is 10.5. The normalized spacial score (nSPS) is 30.1. The van der Waals surface area contributed by atoms with Crippen molar-refractivity contribution in [3.63, 3.8) is 0 Å². The number of allylic oxidation sites excluding steroid dienone is 5. The molecule has 0 radical (unpaired) electrons. The minimum atomic E-state index is -1.93. The van der Waals surface area contributed by atoms with Gasteiger partial charge in [-0.2, -0.15) is 0 Å². The summed E-state index contributed by atoms with van der Waals surface area (Å²) in [7, 11) is 2.08. The number of phenols is 1. The van der Waals surface area contributed by atoms with Crippen LogP contribution in [0.5, 0.6) is 11.5 Å². The van der Waals surface area contributed by atoms with Crippen molar-refractivity contribution < 1.29 is 53.5 Å². The first-order valence-corrected chi connectivity index (χ1v) is 24.5. The van der Waals surface area contributed by atoms with E-state index in [9.17, 15) is 39.3 Å². The number of phenolic OH excluding ortho intramolecular Hbond substituents is 1. The van der Waals surface area contributed by atoms with Crippen LogP contribution in [0.25, 0.3) is 0 Å². The SMILES string of the molecule is C/C1=C/C=C/C(C)[C@H](O)CC(O)C[C@H](OC(=O)CC(=O)N2CCN(C3CN(C)C3)CC2)CC/C=C/O[C@@]2(C)Oc3c(C)c(O)c4c(c3C2=O)C2=NC3(CCN(CC(C)C)CC3)NC2=C(NC1=O)C4=O. The van der Waals surface area contributed by atoms with E-state index in [1.807, 2.05) is 0 Å². The highest BCUT2D eigenvalue weighted by molar-refractivity contribution is 6.34. The Hall–Kier alpha value is -5.40. The minimum absolute atomic E-state index is 0.0227. The number of carbonyl (C=O) groups excluding carboxylic acids is 5. The number of piperidine rings is 1. The van der Waals surface area contributed by atoms with Crippen molar-refractivity contribution in [1.82, 2.24) is 30.2 Å². The third-order valence-corrected chi connectivity index (χ3v) is 14.6. The number of hydrogen-bond donors (Lipinski definition) is 5. The Morgan fingerprint density at radius 2 is 1.70 bits per heavy atom. The number of aliphatic hydroxyl groups is 2. The molecule has 7 heterocycles. The molecule has 18 heteroatoms. The summed E-state index contributed by atoms with van der Waals surface area (Å²) >= 11 is 0. The first kappa shape index (κ1) is 50.0. The Morgan fingerprint density at radius 1 is 0.986 bits per heavy atom. The number of esters is 1. The van der Waals surface area contributed by atoms with Crippen molar-refractivity contribution in [2.45, 2.75) is 122 Å². The fraction of sp³-hybridized carbons (Fsp3) is 0.608. The number of likely N-dealkylation sites (tertiary alicyclic amines) is 2. The number of nitrogens with one attached hydrogen (secondary N) is 2. The second-order valence-electron chi connectivity index (χ2n) is 20.6. The van der Waals surface area contributed by atoms with Crippen molar-refractivity contribution in [2.24, 2.45) is 16.8 Å². The molecule has 18 nitrogen and oxygen atoms in total. The molecule has 2 unspecified atom stereocenters. The Kier molecular flexibility index (Phi) is 14.6. The smallest absolute Gasteiger partial charge is 0.315 e. The van der Waals surface area contributed by atoms with Gasteiger partial charge in [-0.25, -0.2) is 0 Å². The molecule has 9 rings (SSSR count). The molecule has 5 N–H and O–H groups in total. The maximum atomic E-state index is 14.7. The number of fused-ring (bicyclic) bond motifs is 13. The quantitative estimate of drug-likeness (QED) is 0.204. The molecule has 1 spiro atoms. The van der Waals surface area contributed by atoms with Gasteiger partial charge in [-0.3, -0.25) is 33.9 Å². The van der Waals surface area contributed by atoms with Gasteiger partial charge >= 0.3 is 11.8 Å². The highest BCUT2D eigenvalue weighted by atomic mass is 16.7. The summed E-state index contributed by atoms with van der Waals surface area (Å²) in [5, 5.41) is 40.5. The molecule has 1 aromatic rings. The Balaban J connectivity index is 1.06. The number of aromatic hydroxyl groups is 1. The molecule has 1 aromatic carbocycles. The van der Waals surface area contributed by atoms with Gasteiger partial charge in [-0.15, -0.1) is 0 Å². The summed E-state index contributed by atoms with van der Waals surface area (Å²) in [5.41, 5.74) is -0.164. The second-order valence-corrected chi connectivity index (χ2v) is 20.6. The van der Waals surface area contributed by atoms with Crippen molar-refractivity contribution in [2.75, 3.05) is 66.0 Å². The molecule has 3 fully saturated rings. The van der Waals surface area contributed by atoms with Gasteiger partial charge in [0, 0.05) is 114 Å². The maximum absolute atomic E-state index is 14.7. The second kappa shape index (κ2) is 20.1. The maximum Gasteiger partial charge on any atom is 0.315 e. The number of piperazine rings is 1. The summed E-state index contributed by atoms with van der Waals surface area (Å²) in [6.45, 7) is 17.5. The first-order valence-electron chi connectivity index (χ1n) is 24.5. The van der Waals surface area contributed by atoms with E-state index in [-0.39, 0.29) is 82.3 Å². The highest BCUT2D eigenvalue weighted by Gasteiger charge is 2.54. The molecule has 1 aliphatic carbocycles. The average Bonchev–Trinajstić information content (AvgIpc) is 3.79. The van der Waals surface area contributed by atoms with Gasteiger partial charge in [-0.1, -0.05) is 39.0 Å². The lowest BCUT2D eigenvalue weighted by atomic mass is 9.82. The summed E-state index contributed by atoms with van der Waals surface area (Å²) in [4.78, 5) is 83.8. The molecule has 69 heavy (non-hydrogen) atoms. The van der Waals surface area contributed by atoms with E-state index >= 15 is 0 Å². The molecule has 0 aromatic heterocycles. The molecular weight excluding hydrogens is 887 g/mol. The number of ketones is 2. The minimum Gasteiger partial charge on any atom is -0.507 e. The average molecular weight is 956 g/mol. The molecule has 0 saturated carbocycles. The molecule has 2 amide bonds. The molecule has 5 bridgehead atoms. The molecule has 7 aliphatic heterocycles. The lowest BCUT2D eigenvalue weighted by Gasteiger charge is -2.46. The molecule has 8 aliphatic rings. The lowest BCUT2D eigenvalue weighted by Crippen LogP contribution is -2.62. The van der Waals surface area contributed by atoms with Gasteiger partial charge in [0.2, 0.25) is 11.7 Å². The van der Waals surface area contributed by atoms with Crippen LogP contribution in [0.1, 0.15) is 111 Å². The van der Waals surface area contributed by atoms with Gasteiger partial charge in [0.15, 0.2) is 0 Å². The number of carbonyl (C=O) groups is 5. The Labute approximate surface area is 404 Å². The van der Waals surface area contributed by atoms with E-state index in [1.54, 1.807) is 43.1 Å². The summed E-state index contributed by atoms with van der Waals surface area (Å²) < 4.78 is 18.2. The van der Waals surface area contributed by atoms with Crippen molar-refractivity contribution >= 4 is 35.1 Å². The molecule has 3 saturated heterocycles. The molecular formula is C51H69N7O11. The zero-order valence-corrected chi connectivity index (χ0v) is 41.0. The van der Waals surface area contributed by atoms with Crippen molar-refractivity contribution in [3.8, 4) is 11.5 Å². The number of ether oxygens (including phenoxy) is 3. The number of Topliss-reactive ketones (excluding diaryl/α,β-unsaturated/α-hetero) is 2. The number of rotatable bonds is 6. The van der Waals surface area contributed by atoms with E-state index in [0.29, 0.717) is 37.9 Å². The highest BCUT2D eigenvalue weighted by Crippen LogP contribution is 2.50. The summed E-state index contributed by atoms with van der Waals surface area (Å²) in [6.07, 6.45) is 5.93. The number of aliphatic hydroxyl groups excluding tert-OH is 2. The van der Waals surface area contributed by atoms with E-state index in [4.69, 9.17) is 19.2 Å². The fourth-order valence-corrected chi connectivity index (χ4v) is 10.5. The zero-order chi connectivity index (χ0) is 49.5. The van der Waals surface area contributed by atoms with E-state index in [1.165, 1.54) is 20.1 Å². The van der Waals surface area contributed by atoms with Crippen molar-refractivity contribution in [3.05, 3.63) is 69.8 Å². The zero-order valence-electron chi connectivity index (χ0n) is 41.0. The number of likely N-dealkylation sites (N-methyl/N-ethyl adjacent to an activating group) is 1. The first-order chi connectivity index (χ1) is 32.8. The number of benzene rings is 1. The van der Waals surface area contributed by atoms with Gasteiger partial charge < -0.3 is 54.9 Å². The number of aliphatic imine (C=N–C) groups is 1. The Morgan fingerprint density at radius 3 is 2.38 bits per heavy atom. The molecule has 374 valence electrons. The standard InChI is InChI=1S/C51H69N7O11/c1-29(2)26-56-16-14-51(15-17-56)53-42-39-40-45(63)32(5)47-41(39)48(65)50(6,69-47)67-22-9-8-13-35(68-38(62)25-37(61)58-20-18-57(19-21-58)33-27-55(7)28-33)23-34(59)24-36(60)30(3)11-10-12-31(4)49(66)52-44(46(40)64)43(42)54-51/h9-12,22,29-30,33-36,54,59-60,63H,8,13-21,23-28H2,1-7H3,(H,52,66)/b11-10+,22-9+,31-12-/t30?,34?,35-,36-,50+/m1/s1. The van der Waals surface area contributed by atoms with Crippen LogP contribution in [-0.4, -0.2) is 172 Å². The Bertz CT molecular complexity index is 2390. The van der Waals surface area contributed by atoms with Crippen LogP contribution >= 0.6 is 0 Å². The predicted octanol–water partition coefficient (Wildman–Crippen LogP) is 3.08.